The number of rotatable bonds is 3. The van der Waals surface area contributed by atoms with E-state index in [1.807, 2.05) is 19.1 Å². The van der Waals surface area contributed by atoms with E-state index < -0.39 is 0 Å². The van der Waals surface area contributed by atoms with Crippen LogP contribution in [0.15, 0.2) is 96.2 Å². The van der Waals surface area contributed by atoms with E-state index in [-0.39, 0.29) is 5.92 Å². The summed E-state index contributed by atoms with van der Waals surface area (Å²) in [4.78, 5) is 0. The monoisotopic (exact) mass is 365 g/mol. The van der Waals surface area contributed by atoms with Crippen LogP contribution in [0.4, 0.5) is 0 Å². The van der Waals surface area contributed by atoms with Gasteiger partial charge >= 0.3 is 0 Å². The molecule has 0 bridgehead atoms. The smallest absolute Gasteiger partial charge is 0.0366 e. The topological polar surface area (TPSA) is 26.0 Å². The summed E-state index contributed by atoms with van der Waals surface area (Å²) in [6.45, 7) is 8.64. The van der Waals surface area contributed by atoms with Gasteiger partial charge in [0.15, 0.2) is 0 Å². The van der Waals surface area contributed by atoms with Gasteiger partial charge in [-0.3, -0.25) is 0 Å². The molecule has 28 heavy (non-hydrogen) atoms. The van der Waals surface area contributed by atoms with Crippen LogP contribution in [0.1, 0.15) is 42.0 Å². The van der Waals surface area contributed by atoms with E-state index in [0.29, 0.717) is 0 Å². The van der Waals surface area contributed by atoms with Gasteiger partial charge < -0.3 is 5.73 Å². The minimum Gasteiger partial charge on any atom is -0.398 e. The van der Waals surface area contributed by atoms with Crippen LogP contribution in [0.5, 0.6) is 0 Å². The van der Waals surface area contributed by atoms with Gasteiger partial charge in [0.2, 0.25) is 0 Å². The lowest BCUT2D eigenvalue weighted by Crippen LogP contribution is -2.20. The average molecular weight is 366 g/mol. The van der Waals surface area contributed by atoms with Gasteiger partial charge in [-0.15, -0.1) is 0 Å². The highest BCUT2D eigenvalue weighted by molar-refractivity contribution is 5.88. The standard InChI is InChI=1S/C27H27N/c1-4-8-25(28)26-18(3)17-24-22-10-7-6-9-20(22)15-16-23(24)27(26)21-13-11-19(5-2)12-14-21/h4,6-16,27H,3,5,17,28H2,1-2H3/b8-4-,26-25-/t27-/m0/s1. The molecule has 4 rings (SSSR count). The zero-order chi connectivity index (χ0) is 19.7. The first-order chi connectivity index (χ1) is 13.6. The third kappa shape index (κ3) is 3.07. The Morgan fingerprint density at radius 2 is 1.82 bits per heavy atom. The Hall–Kier alpha value is -3.06. The second-order valence-electron chi connectivity index (χ2n) is 7.53. The van der Waals surface area contributed by atoms with Gasteiger partial charge in [-0.2, -0.15) is 0 Å². The molecule has 0 saturated heterocycles. The van der Waals surface area contributed by atoms with Crippen LogP contribution in [0, 0.1) is 0 Å². The molecule has 0 heterocycles. The fraction of sp³-hybridized carbons (Fsp3) is 0.185. The average Bonchev–Trinajstić information content (AvgIpc) is 2.73. The molecule has 0 aliphatic heterocycles. The van der Waals surface area contributed by atoms with Crippen LogP contribution >= 0.6 is 0 Å². The van der Waals surface area contributed by atoms with E-state index in [1.165, 1.54) is 33.0 Å². The van der Waals surface area contributed by atoms with Gasteiger partial charge in [-0.25, -0.2) is 0 Å². The third-order valence-electron chi connectivity index (χ3n) is 5.83. The van der Waals surface area contributed by atoms with Crippen LogP contribution < -0.4 is 5.73 Å². The number of allylic oxidation sites excluding steroid dienone is 4. The minimum atomic E-state index is 0.114. The van der Waals surface area contributed by atoms with Crippen LogP contribution in [0.2, 0.25) is 0 Å². The van der Waals surface area contributed by atoms with E-state index >= 15 is 0 Å². The lowest BCUT2D eigenvalue weighted by Gasteiger charge is -2.32. The highest BCUT2D eigenvalue weighted by Gasteiger charge is 2.30. The van der Waals surface area contributed by atoms with E-state index in [2.05, 4.69) is 74.2 Å². The maximum absolute atomic E-state index is 6.53. The molecule has 3 aromatic rings. The Bertz CT molecular complexity index is 1100. The van der Waals surface area contributed by atoms with Gasteiger partial charge in [0, 0.05) is 11.6 Å². The second kappa shape index (κ2) is 7.52. The number of fused-ring (bicyclic) bond motifs is 3. The molecular weight excluding hydrogens is 338 g/mol. The highest BCUT2D eigenvalue weighted by atomic mass is 14.6. The second-order valence-corrected chi connectivity index (χ2v) is 7.53. The summed E-state index contributed by atoms with van der Waals surface area (Å²) in [6.07, 6.45) is 5.89. The Balaban J connectivity index is 2.00. The molecule has 0 fully saturated rings. The zero-order valence-electron chi connectivity index (χ0n) is 16.7. The molecule has 1 nitrogen and oxygen atoms in total. The number of nitrogens with two attached hydrogens (primary N) is 1. The minimum absolute atomic E-state index is 0.114. The van der Waals surface area contributed by atoms with Crippen molar-refractivity contribution < 1.29 is 0 Å². The molecule has 0 amide bonds. The molecule has 0 saturated carbocycles. The molecule has 1 aliphatic rings. The summed E-state index contributed by atoms with van der Waals surface area (Å²) in [7, 11) is 0. The lowest BCUT2D eigenvalue weighted by atomic mass is 9.71. The van der Waals surface area contributed by atoms with Crippen molar-refractivity contribution in [3.8, 4) is 0 Å². The third-order valence-corrected chi connectivity index (χ3v) is 5.83. The molecule has 3 aromatic carbocycles. The number of hydrogen-bond donors (Lipinski definition) is 1. The molecule has 140 valence electrons. The first-order valence-corrected chi connectivity index (χ1v) is 10.0. The summed E-state index contributed by atoms with van der Waals surface area (Å²) in [5, 5.41) is 2.60. The Labute approximate surface area is 167 Å². The van der Waals surface area contributed by atoms with Crippen molar-refractivity contribution in [1.29, 1.82) is 0 Å². The molecule has 2 N–H and O–H groups in total. The van der Waals surface area contributed by atoms with Crippen molar-refractivity contribution in [3.05, 3.63) is 118 Å². The van der Waals surface area contributed by atoms with E-state index in [0.717, 1.165) is 29.7 Å². The number of benzene rings is 3. The fourth-order valence-corrected chi connectivity index (χ4v) is 4.42. The molecule has 0 unspecified atom stereocenters. The molecule has 0 spiro atoms. The molecule has 1 heteroatoms. The maximum atomic E-state index is 6.53. The largest absolute Gasteiger partial charge is 0.398 e. The van der Waals surface area contributed by atoms with E-state index in [1.54, 1.807) is 0 Å². The Morgan fingerprint density at radius 1 is 1.07 bits per heavy atom. The van der Waals surface area contributed by atoms with Crippen molar-refractivity contribution in [2.24, 2.45) is 5.73 Å². The van der Waals surface area contributed by atoms with Crippen molar-refractivity contribution >= 4 is 10.8 Å². The summed E-state index contributed by atoms with van der Waals surface area (Å²) in [6, 6.07) is 22.1. The Morgan fingerprint density at radius 3 is 2.54 bits per heavy atom. The van der Waals surface area contributed by atoms with Gasteiger partial charge in [0.1, 0.15) is 0 Å². The normalized spacial score (nSPS) is 18.5. The van der Waals surface area contributed by atoms with Crippen molar-refractivity contribution in [2.45, 2.75) is 32.6 Å². The van der Waals surface area contributed by atoms with Gasteiger partial charge in [-0.05, 0) is 70.0 Å². The van der Waals surface area contributed by atoms with Crippen molar-refractivity contribution in [1.82, 2.24) is 0 Å². The van der Waals surface area contributed by atoms with Crippen LogP contribution in [-0.2, 0) is 12.8 Å². The van der Waals surface area contributed by atoms with Gasteiger partial charge in [0.25, 0.3) is 0 Å². The maximum Gasteiger partial charge on any atom is 0.0366 e. The molecule has 1 atom stereocenters. The van der Waals surface area contributed by atoms with Crippen molar-refractivity contribution in [3.63, 3.8) is 0 Å². The molecule has 0 radical (unpaired) electrons. The predicted molar refractivity (Wildman–Crippen MR) is 120 cm³/mol. The first-order valence-electron chi connectivity index (χ1n) is 10.0. The van der Waals surface area contributed by atoms with Crippen LogP contribution in [-0.4, -0.2) is 0 Å². The van der Waals surface area contributed by atoms with E-state index in [9.17, 15) is 0 Å². The molecule has 1 aliphatic carbocycles. The van der Waals surface area contributed by atoms with Gasteiger partial charge in [-0.1, -0.05) is 80.2 Å². The Kier molecular flexibility index (Phi) is 4.92. The quantitative estimate of drug-likeness (QED) is 0.568. The highest BCUT2D eigenvalue weighted by Crippen LogP contribution is 2.45. The lowest BCUT2D eigenvalue weighted by molar-refractivity contribution is 0.864. The summed E-state index contributed by atoms with van der Waals surface area (Å²) < 4.78 is 0. The van der Waals surface area contributed by atoms with Crippen molar-refractivity contribution in [2.75, 3.05) is 0 Å². The number of aryl methyl sites for hydroxylation is 1. The predicted octanol–water partition coefficient (Wildman–Crippen LogP) is 6.44. The van der Waals surface area contributed by atoms with Crippen LogP contribution in [0.3, 0.4) is 0 Å². The van der Waals surface area contributed by atoms with E-state index in [4.69, 9.17) is 5.73 Å². The fourth-order valence-electron chi connectivity index (χ4n) is 4.42. The SMILES string of the molecule is C=C1Cc2c(ccc3ccccc23)[C@H](c2ccc(CC)cc2)/C1=C(N)/C=C\C. The summed E-state index contributed by atoms with van der Waals surface area (Å²) in [5.41, 5.74) is 15.0. The molecular formula is C27H27N. The summed E-state index contributed by atoms with van der Waals surface area (Å²) >= 11 is 0. The summed E-state index contributed by atoms with van der Waals surface area (Å²) in [5.74, 6) is 0.114. The van der Waals surface area contributed by atoms with Gasteiger partial charge in [0.05, 0.1) is 0 Å². The molecule has 0 aromatic heterocycles. The zero-order valence-corrected chi connectivity index (χ0v) is 16.7. The first kappa shape index (κ1) is 18.3. The number of hydrogen-bond acceptors (Lipinski definition) is 1. The van der Waals surface area contributed by atoms with Crippen LogP contribution in [0.25, 0.3) is 10.8 Å².